The summed E-state index contributed by atoms with van der Waals surface area (Å²) in [4.78, 5) is 33.7. The Morgan fingerprint density at radius 2 is 0.913 bits per heavy atom. The molecule has 11 aliphatic heterocycles. The molecule has 30 heteroatoms. The number of ketones is 1. The van der Waals surface area contributed by atoms with Crippen LogP contribution in [0.25, 0.3) is 0 Å². The van der Waals surface area contributed by atoms with Gasteiger partial charge in [0, 0.05) is 19.3 Å². The maximum atomic E-state index is 11.6. The number of carbonyl (C=O) groups excluding carboxylic acids is 3. The molecule has 0 spiro atoms. The second-order valence-electron chi connectivity index (χ2n) is 27.5. The summed E-state index contributed by atoms with van der Waals surface area (Å²) >= 11 is 0. The molecule has 11 saturated heterocycles. The second kappa shape index (κ2) is 31.2. The Bertz CT molecular complexity index is 2290. The average Bonchev–Trinajstić information content (AvgIpc) is 1.61. The number of aliphatic hydroxyl groups excluding tert-OH is 7. The molecular formula is C62H110O30. The van der Waals surface area contributed by atoms with Crippen LogP contribution in [0.5, 0.6) is 0 Å². The predicted octanol–water partition coefficient (Wildman–Crippen LogP) is 1.46. The fourth-order valence-electron chi connectivity index (χ4n) is 12.5. The molecule has 0 bridgehead atoms. The fraction of sp³-hybridized carbons (Fsp3) is 0.952. The maximum absolute atomic E-state index is 11.6. The van der Waals surface area contributed by atoms with Gasteiger partial charge in [0.1, 0.15) is 77.8 Å². The smallest absolute Gasteiger partial charge is 0.305 e. The minimum Gasteiger partial charge on any atom is -0.455 e. The van der Waals surface area contributed by atoms with Crippen molar-refractivity contribution in [2.75, 3.05) is 13.2 Å². The molecule has 26 atom stereocenters. The van der Waals surface area contributed by atoms with Gasteiger partial charge in [0.25, 0.3) is 0 Å². The second-order valence-corrected chi connectivity index (χ2v) is 27.5. The number of fused-ring (bicyclic) bond motifs is 4. The predicted molar refractivity (Wildman–Crippen MR) is 316 cm³/mol. The molecule has 0 aromatic rings. The van der Waals surface area contributed by atoms with Crippen molar-refractivity contribution in [1.82, 2.24) is 0 Å². The third-order valence-electron chi connectivity index (χ3n) is 17.6. The van der Waals surface area contributed by atoms with Gasteiger partial charge in [-0.1, -0.05) is 48.5 Å². The minimum atomic E-state index is -1.33. The van der Waals surface area contributed by atoms with Gasteiger partial charge in [-0.15, -0.1) is 0 Å². The Morgan fingerprint density at radius 3 is 1.29 bits per heavy atom. The zero-order valence-corrected chi connectivity index (χ0v) is 57.4. The van der Waals surface area contributed by atoms with Crippen molar-refractivity contribution in [3.8, 4) is 0 Å². The van der Waals surface area contributed by atoms with Gasteiger partial charge in [-0.3, -0.25) is 14.4 Å². The summed E-state index contributed by atoms with van der Waals surface area (Å²) in [6, 6.07) is 0. The van der Waals surface area contributed by atoms with E-state index in [1.165, 1.54) is 27.7 Å². The van der Waals surface area contributed by atoms with Gasteiger partial charge in [0.2, 0.25) is 6.29 Å². The average molecular weight is 1340 g/mol. The molecule has 11 heterocycles. The summed E-state index contributed by atoms with van der Waals surface area (Å²) < 4.78 is 91.3. The quantitative estimate of drug-likeness (QED) is 0.146. The monoisotopic (exact) mass is 1330 g/mol. The zero-order valence-electron chi connectivity index (χ0n) is 57.4. The van der Waals surface area contributed by atoms with E-state index in [9.17, 15) is 50.1 Å². The lowest BCUT2D eigenvalue weighted by Crippen LogP contribution is -2.46. The molecule has 10 N–H and O–H groups in total. The molecule has 92 heavy (non-hydrogen) atoms. The van der Waals surface area contributed by atoms with Gasteiger partial charge < -0.3 is 132 Å². The van der Waals surface area contributed by atoms with Crippen molar-refractivity contribution in [2.45, 2.75) is 359 Å². The Labute approximate surface area is 539 Å². The number of rotatable bonds is 9. The molecule has 538 valence electrons. The Hall–Kier alpha value is -2.39. The molecule has 11 fully saturated rings. The Balaban J connectivity index is 0.000000196. The molecule has 0 radical (unpaired) electrons. The van der Waals surface area contributed by atoms with E-state index in [4.69, 9.17) is 95.8 Å². The van der Waals surface area contributed by atoms with Crippen LogP contribution in [-0.2, 0) is 94.9 Å². The van der Waals surface area contributed by atoms with Gasteiger partial charge in [-0.05, 0) is 115 Å². The van der Waals surface area contributed by atoms with Crippen LogP contribution in [-0.4, -0.2) is 263 Å². The third kappa shape index (κ3) is 18.7. The fourth-order valence-corrected chi connectivity index (χ4v) is 12.5. The number of esters is 2. The van der Waals surface area contributed by atoms with Crippen molar-refractivity contribution in [3.63, 3.8) is 0 Å². The molecule has 0 aliphatic carbocycles. The number of aliphatic hydroxyl groups is 10. The Kier molecular flexibility index (Phi) is 27.2. The van der Waals surface area contributed by atoms with Crippen LogP contribution in [0.15, 0.2) is 0 Å². The normalized spacial score (nSPS) is 45.3. The molecule has 0 amide bonds. The molecular weight excluding hydrogens is 1220 g/mol. The molecule has 11 rings (SSSR count). The minimum absolute atomic E-state index is 0.0121. The van der Waals surface area contributed by atoms with Crippen molar-refractivity contribution in [3.05, 3.63) is 0 Å². The van der Waals surface area contributed by atoms with Crippen LogP contribution >= 0.6 is 0 Å². The lowest BCUT2D eigenvalue weighted by atomic mass is 9.81. The summed E-state index contributed by atoms with van der Waals surface area (Å²) in [5.41, 5.74) is -3.98. The summed E-state index contributed by atoms with van der Waals surface area (Å²) in [6.45, 7) is 36.4. The van der Waals surface area contributed by atoms with Crippen LogP contribution in [0, 0.1) is 5.41 Å². The van der Waals surface area contributed by atoms with Crippen LogP contribution in [0.3, 0.4) is 0 Å². The van der Waals surface area contributed by atoms with Gasteiger partial charge in [0.15, 0.2) is 72.6 Å². The number of hydrogen-bond donors (Lipinski definition) is 10. The molecule has 0 saturated carbocycles. The lowest BCUT2D eigenvalue weighted by molar-refractivity contribution is -0.227. The van der Waals surface area contributed by atoms with Crippen molar-refractivity contribution in [2.24, 2.45) is 5.41 Å². The summed E-state index contributed by atoms with van der Waals surface area (Å²) in [6.07, 6.45) is -9.06. The van der Waals surface area contributed by atoms with E-state index in [1.807, 2.05) is 76.2 Å². The van der Waals surface area contributed by atoms with Gasteiger partial charge in [-0.25, -0.2) is 0 Å². The van der Waals surface area contributed by atoms with Gasteiger partial charge >= 0.3 is 11.9 Å². The zero-order chi connectivity index (χ0) is 70.0. The van der Waals surface area contributed by atoms with E-state index in [-0.39, 0.29) is 61.0 Å². The highest BCUT2D eigenvalue weighted by atomic mass is 16.9. The molecule has 0 aromatic heterocycles. The SMILES string of the molecule is CC1(C)OC2[C@@H](O[C@H](CO)[C@@H]2O)O1.CC[C@H]1OC(O)C(O)[C@]1(C)O.CC[C@H]1OC(OC(C)=O)C(OC(C)=O)C1(C)C.CC[C@H]1O[C@H]2OC(C)(C)OC2C1=O.CC[C@H]1O[C@H]2OC(C)(C)OC2[C@H]1O.CC[C@H]1O[C@H]2OC(C)(C)OC2[C@]1(C)O.C[C@@H]1O[C@H](CO)[C@@](C)(O)C1O. The van der Waals surface area contributed by atoms with E-state index in [1.54, 1.807) is 41.5 Å². The third-order valence-corrected chi connectivity index (χ3v) is 17.6. The number of hydrogen-bond acceptors (Lipinski definition) is 30. The highest BCUT2D eigenvalue weighted by Crippen LogP contribution is 2.45. The van der Waals surface area contributed by atoms with Crippen LogP contribution < -0.4 is 0 Å². The largest absolute Gasteiger partial charge is 0.455 e. The van der Waals surface area contributed by atoms with Crippen LogP contribution in [0.1, 0.15) is 178 Å². The number of ether oxygens (including phenoxy) is 17. The summed E-state index contributed by atoms with van der Waals surface area (Å²) in [5.74, 6) is -3.52. The van der Waals surface area contributed by atoms with E-state index < -0.39 is 157 Å². The molecule has 0 aromatic carbocycles. The van der Waals surface area contributed by atoms with Crippen molar-refractivity contribution >= 4 is 17.7 Å². The first-order valence-electron chi connectivity index (χ1n) is 31.9. The van der Waals surface area contributed by atoms with E-state index >= 15 is 0 Å². The van der Waals surface area contributed by atoms with E-state index in [0.29, 0.717) is 12.8 Å². The van der Waals surface area contributed by atoms with E-state index in [2.05, 4.69) is 0 Å². The Morgan fingerprint density at radius 1 is 0.457 bits per heavy atom. The standard InChI is InChI=1S/C12H20O5.C10H18O4.C9H16O4.C9H14O4.C8H14O5.2C7H14O4/c1-6-9-12(4,5)10(15-7(2)13)11(17-9)16-8(3)14;1-5-6-10(4,11)7-8(12-6)14-9(2,3)13-7;2*1-4-5-6(10)7-8(11-5)13-9(2,3)12-7;1-8(2)12-6-5(10)4(3-9)11-7(6)13-8;1-4-6(9)7(2,10)5(3-8)11-4;1-3-4-7(2,10)5(8)6(9)11-4/h9-11H,6H2,1-5H3;6-8,11H,5H2,1-4H3;5-8,10H,4H2,1-3H3;5,7-8H,4H2,1-3H3;4-7,9-10H,3H2,1-2H3;2*4-6,8-10H,3H2,1-2H3/t9-,10?,11?;6-,7?,8+,10-;5-,6+,7?,8+;5-,7?,8+;2*4-,5+,6?,7+;4-,5?,6?,7-/m1111101/s1. The topological polar surface area (TPSA) is 410 Å². The van der Waals surface area contributed by atoms with Crippen molar-refractivity contribution < 1.29 is 146 Å². The maximum Gasteiger partial charge on any atom is 0.305 e. The molecule has 30 nitrogen and oxygen atoms in total. The molecule has 9 unspecified atom stereocenters. The first kappa shape index (κ1) is 80.3. The van der Waals surface area contributed by atoms with E-state index in [0.717, 1.165) is 19.3 Å². The highest BCUT2D eigenvalue weighted by Gasteiger charge is 2.61. The molecule has 11 aliphatic rings. The van der Waals surface area contributed by atoms with Gasteiger partial charge in [-0.2, -0.15) is 0 Å². The highest BCUT2D eigenvalue weighted by molar-refractivity contribution is 5.89. The van der Waals surface area contributed by atoms with Crippen LogP contribution in [0.2, 0.25) is 0 Å². The first-order valence-corrected chi connectivity index (χ1v) is 31.9. The lowest BCUT2D eigenvalue weighted by Gasteiger charge is -2.29. The van der Waals surface area contributed by atoms with Gasteiger partial charge in [0.05, 0.1) is 43.7 Å². The summed E-state index contributed by atoms with van der Waals surface area (Å²) in [5, 5.41) is 93.8. The number of carbonyl (C=O) groups is 3. The number of Topliss-reactive ketones (excluding diaryl/α,β-unsaturated/α-hetero) is 1. The summed E-state index contributed by atoms with van der Waals surface area (Å²) in [7, 11) is 0. The first-order chi connectivity index (χ1) is 42.2. The van der Waals surface area contributed by atoms with Crippen molar-refractivity contribution in [1.29, 1.82) is 0 Å². The van der Waals surface area contributed by atoms with Crippen LogP contribution in [0.4, 0.5) is 0 Å².